The number of rotatable bonds is 4. The zero-order valence-corrected chi connectivity index (χ0v) is 8.59. The van der Waals surface area contributed by atoms with E-state index < -0.39 is 0 Å². The molecule has 3 heteroatoms. The number of halogens is 1. The fourth-order valence-corrected chi connectivity index (χ4v) is 1.48. The summed E-state index contributed by atoms with van der Waals surface area (Å²) in [5.74, 6) is 0.403. The third-order valence-electron chi connectivity index (χ3n) is 2.42. The molecule has 0 radical (unpaired) electrons. The van der Waals surface area contributed by atoms with Crippen LogP contribution in [0.15, 0.2) is 18.2 Å². The Hall–Kier alpha value is -1.09. The molecule has 1 rings (SSSR count). The van der Waals surface area contributed by atoms with E-state index in [4.69, 9.17) is 10.5 Å². The predicted molar refractivity (Wildman–Crippen MR) is 55.0 cm³/mol. The van der Waals surface area contributed by atoms with Gasteiger partial charge in [0.2, 0.25) is 0 Å². The smallest absolute Gasteiger partial charge is 0.130 e. The summed E-state index contributed by atoms with van der Waals surface area (Å²) in [6.07, 6.45) is 0.847. The molecule has 0 bridgehead atoms. The Kier molecular flexibility index (Phi) is 3.89. The number of hydrogen-bond acceptors (Lipinski definition) is 2. The van der Waals surface area contributed by atoms with Crippen molar-refractivity contribution in [1.29, 1.82) is 0 Å². The monoisotopic (exact) mass is 197 g/mol. The van der Waals surface area contributed by atoms with Crippen molar-refractivity contribution < 1.29 is 9.13 Å². The number of benzene rings is 1. The summed E-state index contributed by atoms with van der Waals surface area (Å²) in [4.78, 5) is 0. The van der Waals surface area contributed by atoms with Crippen LogP contribution in [0.25, 0.3) is 0 Å². The fraction of sp³-hybridized carbons (Fsp3) is 0.455. The van der Waals surface area contributed by atoms with Crippen LogP contribution in [0.1, 0.15) is 24.8 Å². The molecule has 0 aliphatic carbocycles. The van der Waals surface area contributed by atoms with Crippen molar-refractivity contribution >= 4 is 0 Å². The summed E-state index contributed by atoms with van der Waals surface area (Å²) < 4.78 is 18.5. The highest BCUT2D eigenvalue weighted by atomic mass is 19.1. The third kappa shape index (κ3) is 2.23. The second-order valence-electron chi connectivity index (χ2n) is 3.23. The molecule has 1 aromatic rings. The van der Waals surface area contributed by atoms with Crippen LogP contribution in [-0.4, -0.2) is 13.7 Å². The minimum atomic E-state index is -0.235. The maximum atomic E-state index is 13.5. The molecule has 0 aromatic heterocycles. The molecule has 1 aromatic carbocycles. The first-order valence-electron chi connectivity index (χ1n) is 4.76. The number of nitrogens with two attached hydrogens (primary N) is 1. The Labute approximate surface area is 83.9 Å². The molecule has 0 amide bonds. The van der Waals surface area contributed by atoms with Crippen LogP contribution < -0.4 is 10.5 Å². The molecule has 0 aliphatic heterocycles. The van der Waals surface area contributed by atoms with Gasteiger partial charge in [0.15, 0.2) is 0 Å². The Morgan fingerprint density at radius 1 is 1.50 bits per heavy atom. The molecule has 1 atom stereocenters. The van der Waals surface area contributed by atoms with E-state index in [2.05, 4.69) is 0 Å². The maximum Gasteiger partial charge on any atom is 0.130 e. The molecule has 0 aliphatic rings. The number of methoxy groups -OCH3 is 1. The SMILES string of the molecule is CCC(CN)c1ccc(OC)cc1F. The summed E-state index contributed by atoms with van der Waals surface area (Å²) in [7, 11) is 1.52. The zero-order chi connectivity index (χ0) is 10.6. The molecule has 0 fully saturated rings. The molecular formula is C11H16FNO. The van der Waals surface area contributed by atoms with E-state index in [9.17, 15) is 4.39 Å². The van der Waals surface area contributed by atoms with Crippen LogP contribution in [0.2, 0.25) is 0 Å². The molecule has 0 spiro atoms. The van der Waals surface area contributed by atoms with Crippen molar-refractivity contribution in [3.05, 3.63) is 29.6 Å². The molecule has 2 N–H and O–H groups in total. The topological polar surface area (TPSA) is 35.2 Å². The minimum absolute atomic E-state index is 0.0981. The van der Waals surface area contributed by atoms with Gasteiger partial charge >= 0.3 is 0 Å². The molecule has 78 valence electrons. The Bertz CT molecular complexity index is 297. The standard InChI is InChI=1S/C11H16FNO/c1-3-8(7-13)10-5-4-9(14-2)6-11(10)12/h4-6,8H,3,7,13H2,1-2H3. The Morgan fingerprint density at radius 2 is 2.21 bits per heavy atom. The van der Waals surface area contributed by atoms with Crippen LogP contribution in [0.5, 0.6) is 5.75 Å². The lowest BCUT2D eigenvalue weighted by atomic mass is 9.96. The summed E-state index contributed by atoms with van der Waals surface area (Å²) in [5.41, 5.74) is 6.23. The lowest BCUT2D eigenvalue weighted by Crippen LogP contribution is -2.12. The van der Waals surface area contributed by atoms with Gasteiger partial charge in [-0.15, -0.1) is 0 Å². The van der Waals surface area contributed by atoms with Gasteiger partial charge in [0.05, 0.1) is 7.11 Å². The van der Waals surface area contributed by atoms with Gasteiger partial charge in [0, 0.05) is 6.07 Å². The average Bonchev–Trinajstić information content (AvgIpc) is 2.22. The highest BCUT2D eigenvalue weighted by Gasteiger charge is 2.12. The van der Waals surface area contributed by atoms with Crippen molar-refractivity contribution in [1.82, 2.24) is 0 Å². The number of ether oxygens (including phenoxy) is 1. The first-order chi connectivity index (χ1) is 6.72. The summed E-state index contributed by atoms with van der Waals surface area (Å²) in [6, 6.07) is 4.90. The molecule has 1 unspecified atom stereocenters. The van der Waals surface area contributed by atoms with E-state index in [-0.39, 0.29) is 11.7 Å². The predicted octanol–water partition coefficient (Wildman–Crippen LogP) is 2.29. The van der Waals surface area contributed by atoms with Gasteiger partial charge in [0.25, 0.3) is 0 Å². The van der Waals surface area contributed by atoms with Crippen LogP contribution in [0, 0.1) is 5.82 Å². The van der Waals surface area contributed by atoms with Gasteiger partial charge in [-0.3, -0.25) is 0 Å². The largest absolute Gasteiger partial charge is 0.497 e. The van der Waals surface area contributed by atoms with Gasteiger partial charge in [0.1, 0.15) is 11.6 Å². The highest BCUT2D eigenvalue weighted by molar-refractivity contribution is 5.31. The summed E-state index contributed by atoms with van der Waals surface area (Å²) in [5, 5.41) is 0. The van der Waals surface area contributed by atoms with E-state index in [1.165, 1.54) is 13.2 Å². The average molecular weight is 197 g/mol. The minimum Gasteiger partial charge on any atom is -0.497 e. The molecule has 0 heterocycles. The molecule has 2 nitrogen and oxygen atoms in total. The van der Waals surface area contributed by atoms with E-state index in [0.717, 1.165) is 6.42 Å². The van der Waals surface area contributed by atoms with Crippen molar-refractivity contribution in [3.63, 3.8) is 0 Å². The first-order valence-corrected chi connectivity index (χ1v) is 4.76. The van der Waals surface area contributed by atoms with E-state index in [0.29, 0.717) is 17.9 Å². The quantitative estimate of drug-likeness (QED) is 0.803. The second kappa shape index (κ2) is 4.96. The van der Waals surface area contributed by atoms with Gasteiger partial charge in [-0.25, -0.2) is 4.39 Å². The van der Waals surface area contributed by atoms with Crippen LogP contribution in [0.4, 0.5) is 4.39 Å². The first kappa shape index (κ1) is 11.0. The summed E-state index contributed by atoms with van der Waals surface area (Å²) in [6.45, 7) is 2.47. The van der Waals surface area contributed by atoms with E-state index in [1.54, 1.807) is 12.1 Å². The Balaban J connectivity index is 2.98. The van der Waals surface area contributed by atoms with Crippen LogP contribution >= 0.6 is 0 Å². The molecule has 0 saturated carbocycles. The fourth-order valence-electron chi connectivity index (χ4n) is 1.48. The molecular weight excluding hydrogens is 181 g/mol. The van der Waals surface area contributed by atoms with E-state index in [1.807, 2.05) is 6.92 Å². The lowest BCUT2D eigenvalue weighted by Gasteiger charge is -2.14. The zero-order valence-electron chi connectivity index (χ0n) is 8.59. The van der Waals surface area contributed by atoms with Crippen LogP contribution in [0.3, 0.4) is 0 Å². The van der Waals surface area contributed by atoms with Crippen molar-refractivity contribution in [2.24, 2.45) is 5.73 Å². The summed E-state index contributed by atoms with van der Waals surface area (Å²) >= 11 is 0. The van der Waals surface area contributed by atoms with Crippen molar-refractivity contribution in [2.45, 2.75) is 19.3 Å². The Morgan fingerprint density at radius 3 is 2.64 bits per heavy atom. The van der Waals surface area contributed by atoms with Crippen molar-refractivity contribution in [3.8, 4) is 5.75 Å². The molecule has 14 heavy (non-hydrogen) atoms. The van der Waals surface area contributed by atoms with Gasteiger partial charge < -0.3 is 10.5 Å². The highest BCUT2D eigenvalue weighted by Crippen LogP contribution is 2.24. The van der Waals surface area contributed by atoms with E-state index >= 15 is 0 Å². The third-order valence-corrected chi connectivity index (χ3v) is 2.42. The van der Waals surface area contributed by atoms with Gasteiger partial charge in [-0.2, -0.15) is 0 Å². The van der Waals surface area contributed by atoms with Gasteiger partial charge in [-0.05, 0) is 30.5 Å². The maximum absolute atomic E-state index is 13.5. The lowest BCUT2D eigenvalue weighted by molar-refractivity contribution is 0.410. The molecule has 0 saturated heterocycles. The van der Waals surface area contributed by atoms with Crippen molar-refractivity contribution in [2.75, 3.05) is 13.7 Å². The number of hydrogen-bond donors (Lipinski definition) is 1. The normalized spacial score (nSPS) is 12.6. The van der Waals surface area contributed by atoms with Crippen LogP contribution in [-0.2, 0) is 0 Å². The second-order valence-corrected chi connectivity index (χ2v) is 3.23. The van der Waals surface area contributed by atoms with Gasteiger partial charge in [-0.1, -0.05) is 13.0 Å².